The van der Waals surface area contributed by atoms with Crippen molar-refractivity contribution in [2.75, 3.05) is 11.9 Å². The van der Waals surface area contributed by atoms with Crippen LogP contribution in [0.2, 0.25) is 0 Å². The maximum absolute atomic E-state index is 12.8. The Morgan fingerprint density at radius 1 is 1.00 bits per heavy atom. The molecule has 0 fully saturated rings. The topological polar surface area (TPSA) is 55.8 Å². The second-order valence-corrected chi connectivity index (χ2v) is 8.15. The van der Waals surface area contributed by atoms with Crippen molar-refractivity contribution in [3.05, 3.63) is 59.2 Å². The molecule has 2 aromatic rings. The minimum Gasteiger partial charge on any atom is -0.489 e. The maximum atomic E-state index is 12.8. The number of benzene rings is 2. The number of hydrogen-bond donors (Lipinski definition) is 0. The fraction of sp³-hybridized carbons (Fsp3) is 0.391. The molecule has 0 N–H and O–H groups in total. The Labute approximate surface area is 179 Å². The van der Waals surface area contributed by atoms with Gasteiger partial charge in [-0.05, 0) is 56.7 Å². The highest BCUT2D eigenvalue weighted by Gasteiger charge is 2.29. The van der Waals surface area contributed by atoms with E-state index in [2.05, 4.69) is 0 Å². The molecular weight excluding hydrogens is 411 g/mol. The van der Waals surface area contributed by atoms with Crippen LogP contribution in [0.25, 0.3) is 0 Å². The first-order chi connectivity index (χ1) is 14.2. The van der Waals surface area contributed by atoms with E-state index in [1.54, 1.807) is 52.1 Å². The molecule has 2 rings (SSSR count). The van der Waals surface area contributed by atoms with Gasteiger partial charge in [-0.3, -0.25) is 4.79 Å². The Kier molecular flexibility index (Phi) is 7.36. The zero-order chi connectivity index (χ0) is 23.4. The minimum atomic E-state index is -4.39. The van der Waals surface area contributed by atoms with Crippen molar-refractivity contribution in [2.24, 2.45) is 0 Å². The van der Waals surface area contributed by atoms with Gasteiger partial charge in [0.15, 0.2) is 0 Å². The fourth-order valence-electron chi connectivity index (χ4n) is 2.72. The number of anilines is 1. The number of halogens is 3. The Hall–Kier alpha value is -3.03. The maximum Gasteiger partial charge on any atom is 0.393 e. The number of nitrogens with zero attached hydrogens (tertiary/aromatic N) is 1. The van der Waals surface area contributed by atoms with Crippen molar-refractivity contribution >= 4 is 17.6 Å². The van der Waals surface area contributed by atoms with Gasteiger partial charge in [-0.1, -0.05) is 12.1 Å². The molecule has 0 bridgehead atoms. The summed E-state index contributed by atoms with van der Waals surface area (Å²) in [5.74, 6) is -0.349. The third-order valence-electron chi connectivity index (χ3n) is 4.29. The Morgan fingerprint density at radius 3 is 2.13 bits per heavy atom. The number of amides is 1. The molecule has 0 aliphatic heterocycles. The van der Waals surface area contributed by atoms with Gasteiger partial charge in [0, 0.05) is 25.2 Å². The molecule has 1 amide bonds. The second-order valence-electron chi connectivity index (χ2n) is 8.15. The van der Waals surface area contributed by atoms with Crippen LogP contribution in [0.1, 0.15) is 49.2 Å². The van der Waals surface area contributed by atoms with Crippen molar-refractivity contribution in [3.8, 4) is 5.75 Å². The largest absolute Gasteiger partial charge is 0.489 e. The highest BCUT2D eigenvalue weighted by atomic mass is 19.4. The van der Waals surface area contributed by atoms with Crippen LogP contribution in [0.15, 0.2) is 42.5 Å². The summed E-state index contributed by atoms with van der Waals surface area (Å²) in [6, 6.07) is 10.7. The summed E-state index contributed by atoms with van der Waals surface area (Å²) in [4.78, 5) is 25.5. The quantitative estimate of drug-likeness (QED) is 0.575. The first-order valence-electron chi connectivity index (χ1n) is 9.64. The molecule has 0 aromatic heterocycles. The third kappa shape index (κ3) is 7.62. The lowest BCUT2D eigenvalue weighted by Gasteiger charge is -2.21. The number of hydrogen-bond acceptors (Lipinski definition) is 4. The summed E-state index contributed by atoms with van der Waals surface area (Å²) in [5.41, 5.74) is 0.294. The Balaban J connectivity index is 2.24. The van der Waals surface area contributed by atoms with E-state index in [0.29, 0.717) is 17.0 Å². The van der Waals surface area contributed by atoms with Gasteiger partial charge in [0.1, 0.15) is 18.0 Å². The number of alkyl halides is 3. The molecular formula is C23H26F3NO4. The van der Waals surface area contributed by atoms with Crippen LogP contribution in [0, 0.1) is 0 Å². The zero-order valence-electron chi connectivity index (χ0n) is 18.2. The minimum absolute atomic E-state index is 0.0320. The predicted octanol–water partition coefficient (Wildman–Crippen LogP) is 5.31. The molecule has 0 saturated heterocycles. The standard InChI is InChI=1S/C23H26F3NO4/c1-15(28)27(5)18-8-10-19(11-9-18)30-14-17-7-6-16(13-23(24,25)26)12-20(17)21(29)31-22(2,3)4/h6-12H,13-14H2,1-5H3. The summed E-state index contributed by atoms with van der Waals surface area (Å²) in [7, 11) is 1.65. The lowest BCUT2D eigenvalue weighted by molar-refractivity contribution is -0.127. The van der Waals surface area contributed by atoms with Crippen molar-refractivity contribution in [3.63, 3.8) is 0 Å². The van der Waals surface area contributed by atoms with E-state index in [-0.39, 0.29) is 23.6 Å². The van der Waals surface area contributed by atoms with Crippen LogP contribution in [-0.2, 0) is 22.6 Å². The first kappa shape index (κ1) is 24.2. The summed E-state index contributed by atoms with van der Waals surface area (Å²) < 4.78 is 49.4. The molecule has 0 spiro atoms. The van der Waals surface area contributed by atoms with E-state index < -0.39 is 24.2 Å². The molecule has 31 heavy (non-hydrogen) atoms. The van der Waals surface area contributed by atoms with Crippen LogP contribution in [0.3, 0.4) is 0 Å². The lowest BCUT2D eigenvalue weighted by Crippen LogP contribution is -2.25. The van der Waals surface area contributed by atoms with Crippen LogP contribution in [-0.4, -0.2) is 30.7 Å². The summed E-state index contributed by atoms with van der Waals surface area (Å²) in [6.07, 6.45) is -5.53. The number of esters is 1. The first-order valence-corrected chi connectivity index (χ1v) is 9.64. The summed E-state index contributed by atoms with van der Waals surface area (Å²) in [5, 5.41) is 0. The van der Waals surface area contributed by atoms with Crippen molar-refractivity contribution in [2.45, 2.75) is 52.5 Å². The van der Waals surface area contributed by atoms with E-state index in [1.807, 2.05) is 0 Å². The molecule has 0 radical (unpaired) electrons. The molecule has 0 aliphatic rings. The van der Waals surface area contributed by atoms with E-state index in [4.69, 9.17) is 9.47 Å². The van der Waals surface area contributed by atoms with Crippen molar-refractivity contribution in [1.29, 1.82) is 0 Å². The van der Waals surface area contributed by atoms with E-state index in [9.17, 15) is 22.8 Å². The second kappa shape index (κ2) is 9.41. The van der Waals surface area contributed by atoms with E-state index >= 15 is 0 Å². The van der Waals surface area contributed by atoms with Gasteiger partial charge in [0.25, 0.3) is 0 Å². The van der Waals surface area contributed by atoms with Gasteiger partial charge in [-0.15, -0.1) is 0 Å². The average molecular weight is 437 g/mol. The predicted molar refractivity (Wildman–Crippen MR) is 111 cm³/mol. The highest BCUT2D eigenvalue weighted by molar-refractivity contribution is 5.92. The molecule has 0 unspecified atom stereocenters. The number of carbonyl (C=O) groups is 2. The molecule has 0 aliphatic carbocycles. The van der Waals surface area contributed by atoms with Crippen LogP contribution in [0.4, 0.5) is 18.9 Å². The third-order valence-corrected chi connectivity index (χ3v) is 4.29. The molecule has 5 nitrogen and oxygen atoms in total. The Bertz CT molecular complexity index is 931. The van der Waals surface area contributed by atoms with Crippen molar-refractivity contribution < 1.29 is 32.2 Å². The number of ether oxygens (including phenoxy) is 2. The lowest BCUT2D eigenvalue weighted by atomic mass is 10.0. The molecule has 2 aromatic carbocycles. The monoisotopic (exact) mass is 437 g/mol. The SMILES string of the molecule is CC(=O)N(C)c1ccc(OCc2ccc(CC(F)(F)F)cc2C(=O)OC(C)(C)C)cc1. The Morgan fingerprint density at radius 2 is 1.61 bits per heavy atom. The van der Waals surface area contributed by atoms with E-state index in [1.165, 1.54) is 30.0 Å². The number of carbonyl (C=O) groups excluding carboxylic acids is 2. The summed E-state index contributed by atoms with van der Waals surface area (Å²) >= 11 is 0. The molecule has 0 heterocycles. The normalized spacial score (nSPS) is 11.7. The molecule has 0 atom stereocenters. The fourth-order valence-corrected chi connectivity index (χ4v) is 2.72. The van der Waals surface area contributed by atoms with Gasteiger partial charge in [0.05, 0.1) is 12.0 Å². The summed E-state index contributed by atoms with van der Waals surface area (Å²) in [6.45, 7) is 6.45. The van der Waals surface area contributed by atoms with Gasteiger partial charge in [-0.2, -0.15) is 13.2 Å². The number of rotatable bonds is 6. The van der Waals surface area contributed by atoms with Crippen LogP contribution < -0.4 is 9.64 Å². The zero-order valence-corrected chi connectivity index (χ0v) is 18.2. The smallest absolute Gasteiger partial charge is 0.393 e. The highest BCUT2D eigenvalue weighted by Crippen LogP contribution is 2.26. The van der Waals surface area contributed by atoms with Crippen LogP contribution >= 0.6 is 0 Å². The van der Waals surface area contributed by atoms with Gasteiger partial charge < -0.3 is 14.4 Å². The van der Waals surface area contributed by atoms with Crippen LogP contribution in [0.5, 0.6) is 5.75 Å². The van der Waals surface area contributed by atoms with E-state index in [0.717, 1.165) is 0 Å². The van der Waals surface area contributed by atoms with Gasteiger partial charge in [0.2, 0.25) is 5.91 Å². The van der Waals surface area contributed by atoms with Gasteiger partial charge in [-0.25, -0.2) is 4.79 Å². The van der Waals surface area contributed by atoms with Gasteiger partial charge >= 0.3 is 12.1 Å². The molecule has 8 heteroatoms. The average Bonchev–Trinajstić information content (AvgIpc) is 2.64. The molecule has 0 saturated carbocycles. The van der Waals surface area contributed by atoms with Crippen molar-refractivity contribution in [1.82, 2.24) is 0 Å². The molecule has 168 valence electrons.